The summed E-state index contributed by atoms with van der Waals surface area (Å²) in [6.45, 7) is 4.32. The predicted molar refractivity (Wildman–Crippen MR) is 133 cm³/mol. The van der Waals surface area contributed by atoms with Gasteiger partial charge in [-0.05, 0) is 76.8 Å². The van der Waals surface area contributed by atoms with Crippen LogP contribution in [0.5, 0.6) is 11.5 Å². The Kier molecular flexibility index (Phi) is 8.83. The zero-order chi connectivity index (χ0) is 24.5. The van der Waals surface area contributed by atoms with Crippen LogP contribution in [0.4, 0.5) is 4.39 Å². The highest BCUT2D eigenvalue weighted by Crippen LogP contribution is 2.38. The van der Waals surface area contributed by atoms with Crippen LogP contribution in [0.3, 0.4) is 0 Å². The van der Waals surface area contributed by atoms with Crippen LogP contribution in [0.1, 0.15) is 36.6 Å². The number of nitrogens with one attached hydrogen (secondary N) is 1. The molecule has 3 rings (SSSR count). The van der Waals surface area contributed by atoms with Crippen molar-refractivity contribution in [2.75, 3.05) is 6.61 Å². The van der Waals surface area contributed by atoms with E-state index in [-0.39, 0.29) is 24.0 Å². The zero-order valence-electron chi connectivity index (χ0n) is 18.8. The summed E-state index contributed by atoms with van der Waals surface area (Å²) in [6, 6.07) is 20.7. The fourth-order valence-electron chi connectivity index (χ4n) is 3.23. The smallest absolute Gasteiger partial charge is 0.262 e. The van der Waals surface area contributed by atoms with Gasteiger partial charge >= 0.3 is 0 Å². The minimum atomic E-state index is -0.468. The van der Waals surface area contributed by atoms with Crippen LogP contribution in [0.25, 0.3) is 6.08 Å². The molecule has 0 saturated heterocycles. The standard InChI is InChI=1S/C27H24BrFN2O3/c1-3-33-25-15-20(14-24(28)26(25)34-17-19-9-11-23(29)12-10-19)13-22(16-30)27(32)31-18(2)21-7-5-4-6-8-21/h4-15,18H,3,17H2,1-2H3,(H,31,32)/b22-13-/t18-/m0/s1. The molecule has 0 spiro atoms. The monoisotopic (exact) mass is 522 g/mol. The second kappa shape index (κ2) is 12.0. The minimum Gasteiger partial charge on any atom is -0.490 e. The van der Waals surface area contributed by atoms with Gasteiger partial charge in [-0.2, -0.15) is 5.26 Å². The van der Waals surface area contributed by atoms with E-state index >= 15 is 0 Å². The molecular weight excluding hydrogens is 499 g/mol. The van der Waals surface area contributed by atoms with Crippen molar-refractivity contribution in [2.24, 2.45) is 0 Å². The van der Waals surface area contributed by atoms with Crippen molar-refractivity contribution >= 4 is 27.9 Å². The minimum absolute atomic E-state index is 0.0305. The van der Waals surface area contributed by atoms with E-state index in [0.717, 1.165) is 11.1 Å². The summed E-state index contributed by atoms with van der Waals surface area (Å²) in [5, 5.41) is 12.4. The van der Waals surface area contributed by atoms with Gasteiger partial charge in [-0.15, -0.1) is 0 Å². The molecule has 0 aliphatic carbocycles. The van der Waals surface area contributed by atoms with Gasteiger partial charge in [0.05, 0.1) is 17.1 Å². The fraction of sp³-hybridized carbons (Fsp3) is 0.185. The molecule has 0 heterocycles. The number of nitrogens with zero attached hydrogens (tertiary/aromatic N) is 1. The third kappa shape index (κ3) is 6.69. The summed E-state index contributed by atoms with van der Waals surface area (Å²) >= 11 is 3.50. The van der Waals surface area contributed by atoms with Gasteiger partial charge in [0, 0.05) is 0 Å². The Balaban J connectivity index is 1.81. The molecule has 3 aromatic rings. The van der Waals surface area contributed by atoms with Gasteiger partial charge in [0.1, 0.15) is 24.1 Å². The molecule has 1 N–H and O–H groups in total. The van der Waals surface area contributed by atoms with Gasteiger partial charge < -0.3 is 14.8 Å². The maximum absolute atomic E-state index is 13.1. The quantitative estimate of drug-likeness (QED) is 0.262. The highest BCUT2D eigenvalue weighted by Gasteiger charge is 2.16. The molecule has 0 bridgehead atoms. The number of ether oxygens (including phenoxy) is 2. The van der Waals surface area contributed by atoms with Gasteiger partial charge in [-0.25, -0.2) is 4.39 Å². The van der Waals surface area contributed by atoms with E-state index in [1.165, 1.54) is 18.2 Å². The summed E-state index contributed by atoms with van der Waals surface area (Å²) in [6.07, 6.45) is 1.50. The topological polar surface area (TPSA) is 71.3 Å². The van der Waals surface area contributed by atoms with Crippen molar-refractivity contribution in [3.05, 3.63) is 99.3 Å². The van der Waals surface area contributed by atoms with E-state index in [1.807, 2.05) is 50.2 Å². The van der Waals surface area contributed by atoms with Crippen LogP contribution in [0.2, 0.25) is 0 Å². The first kappa shape index (κ1) is 25.0. The van der Waals surface area contributed by atoms with Crippen molar-refractivity contribution < 1.29 is 18.7 Å². The molecule has 7 heteroatoms. The maximum Gasteiger partial charge on any atom is 0.262 e. The third-order valence-corrected chi connectivity index (χ3v) is 5.54. The van der Waals surface area contributed by atoms with Crippen molar-refractivity contribution in [2.45, 2.75) is 26.5 Å². The van der Waals surface area contributed by atoms with E-state index in [0.29, 0.717) is 28.1 Å². The van der Waals surface area contributed by atoms with E-state index in [1.54, 1.807) is 24.3 Å². The van der Waals surface area contributed by atoms with Crippen LogP contribution in [-0.4, -0.2) is 12.5 Å². The molecule has 1 atom stereocenters. The van der Waals surface area contributed by atoms with E-state index in [4.69, 9.17) is 9.47 Å². The summed E-state index contributed by atoms with van der Waals surface area (Å²) < 4.78 is 25.4. The highest BCUT2D eigenvalue weighted by atomic mass is 79.9. The number of nitriles is 1. The van der Waals surface area contributed by atoms with Crippen molar-refractivity contribution in [3.63, 3.8) is 0 Å². The average Bonchev–Trinajstić information content (AvgIpc) is 2.83. The zero-order valence-corrected chi connectivity index (χ0v) is 20.4. The molecule has 5 nitrogen and oxygen atoms in total. The van der Waals surface area contributed by atoms with Crippen molar-refractivity contribution in [1.29, 1.82) is 5.26 Å². The molecule has 0 unspecified atom stereocenters. The van der Waals surface area contributed by atoms with Gasteiger partial charge in [0.2, 0.25) is 0 Å². The molecule has 0 fully saturated rings. The first-order valence-corrected chi connectivity index (χ1v) is 11.5. The largest absolute Gasteiger partial charge is 0.490 e. The van der Waals surface area contributed by atoms with Crippen LogP contribution < -0.4 is 14.8 Å². The lowest BCUT2D eigenvalue weighted by atomic mass is 10.1. The number of rotatable bonds is 9. The van der Waals surface area contributed by atoms with Crippen molar-refractivity contribution in [1.82, 2.24) is 5.32 Å². The predicted octanol–water partition coefficient (Wildman–Crippen LogP) is 6.35. The van der Waals surface area contributed by atoms with Crippen molar-refractivity contribution in [3.8, 4) is 17.6 Å². The first-order chi connectivity index (χ1) is 16.4. The number of benzene rings is 3. The Morgan fingerprint density at radius 3 is 2.50 bits per heavy atom. The third-order valence-electron chi connectivity index (χ3n) is 4.95. The summed E-state index contributed by atoms with van der Waals surface area (Å²) in [5.41, 5.74) is 2.31. The summed E-state index contributed by atoms with van der Waals surface area (Å²) in [4.78, 5) is 12.7. The Morgan fingerprint density at radius 1 is 1.15 bits per heavy atom. The number of hydrogen-bond acceptors (Lipinski definition) is 4. The second-order valence-corrected chi connectivity index (χ2v) is 8.31. The van der Waals surface area contributed by atoms with E-state index < -0.39 is 5.91 Å². The van der Waals surface area contributed by atoms with E-state index in [2.05, 4.69) is 21.2 Å². The lowest BCUT2D eigenvalue weighted by Crippen LogP contribution is -2.27. The molecular formula is C27H24BrFN2O3. The summed E-state index contributed by atoms with van der Waals surface area (Å²) in [7, 11) is 0. The number of carbonyl (C=O) groups excluding carboxylic acids is 1. The van der Waals surface area contributed by atoms with Crippen LogP contribution in [0.15, 0.2) is 76.8 Å². The Hall–Kier alpha value is -3.63. The number of halogens is 2. The SMILES string of the molecule is CCOc1cc(/C=C(/C#N)C(=O)N[C@@H](C)c2ccccc2)cc(Br)c1OCc1ccc(F)cc1. The van der Waals surface area contributed by atoms with Crippen LogP contribution in [-0.2, 0) is 11.4 Å². The number of hydrogen-bond donors (Lipinski definition) is 1. The highest BCUT2D eigenvalue weighted by molar-refractivity contribution is 9.10. The average molecular weight is 523 g/mol. The molecule has 0 aliphatic heterocycles. The second-order valence-electron chi connectivity index (χ2n) is 7.45. The first-order valence-electron chi connectivity index (χ1n) is 10.7. The molecule has 0 radical (unpaired) electrons. The normalized spacial score (nSPS) is 11.9. The van der Waals surface area contributed by atoms with Gasteiger partial charge in [-0.1, -0.05) is 42.5 Å². The van der Waals surface area contributed by atoms with Crippen LogP contribution >= 0.6 is 15.9 Å². The van der Waals surface area contributed by atoms with Gasteiger partial charge in [-0.3, -0.25) is 4.79 Å². The molecule has 174 valence electrons. The lowest BCUT2D eigenvalue weighted by Gasteiger charge is -2.15. The molecule has 0 saturated carbocycles. The maximum atomic E-state index is 13.1. The molecule has 0 aliphatic rings. The lowest BCUT2D eigenvalue weighted by molar-refractivity contribution is -0.117. The molecule has 0 aromatic heterocycles. The van der Waals surface area contributed by atoms with Gasteiger partial charge in [0.15, 0.2) is 11.5 Å². The molecule has 34 heavy (non-hydrogen) atoms. The fourth-order valence-corrected chi connectivity index (χ4v) is 3.80. The Bertz CT molecular complexity index is 1210. The number of amides is 1. The number of carbonyl (C=O) groups is 1. The molecule has 1 amide bonds. The van der Waals surface area contributed by atoms with E-state index in [9.17, 15) is 14.4 Å². The Labute approximate surface area is 207 Å². The van der Waals surface area contributed by atoms with Gasteiger partial charge in [0.25, 0.3) is 5.91 Å². The summed E-state index contributed by atoms with van der Waals surface area (Å²) in [5.74, 6) is 0.153. The molecule has 3 aromatic carbocycles. The Morgan fingerprint density at radius 2 is 1.85 bits per heavy atom. The van der Waals surface area contributed by atoms with Crippen LogP contribution in [0, 0.1) is 17.1 Å².